The molecule has 0 bridgehead atoms. The number of nitrogens with one attached hydrogen (secondary N) is 1. The van der Waals surface area contributed by atoms with Gasteiger partial charge in [0.15, 0.2) is 0 Å². The van der Waals surface area contributed by atoms with Gasteiger partial charge in [0.05, 0.1) is 5.69 Å². The zero-order valence-corrected chi connectivity index (χ0v) is 20.9. The molecule has 0 saturated carbocycles. The molecule has 0 saturated heterocycles. The summed E-state index contributed by atoms with van der Waals surface area (Å²) in [5.41, 5.74) is 10.0. The Labute approximate surface area is 192 Å². The number of aryl methyl sites for hydroxylation is 2. The van der Waals surface area contributed by atoms with Crippen LogP contribution in [0.3, 0.4) is 0 Å². The van der Waals surface area contributed by atoms with Crippen molar-refractivity contribution in [1.82, 2.24) is 4.57 Å². The fourth-order valence-corrected chi connectivity index (χ4v) is 9.14. The average molecular weight is 441 g/mol. The SMILES string of the molecule is Cc1ccc2c(c1)c1c(n2C)-c2ccccc2C1c1ccccc1P(=N)(C(C)C)C(C)C. The first-order valence-corrected chi connectivity index (χ1v) is 13.6. The van der Waals surface area contributed by atoms with E-state index in [4.69, 9.17) is 0 Å². The molecular weight excluding hydrogens is 407 g/mol. The molecular formula is C29H33N2P. The van der Waals surface area contributed by atoms with Crippen LogP contribution in [0.2, 0.25) is 0 Å². The standard InChI is InChI=1S/C29H33N2P/c1-18(2)32(30,19(3)4)26-14-10-9-13-23(26)27-21-11-7-8-12-22(21)29-28(27)24-17-20(5)15-16-25(24)31(29)6/h7-19,27,30H,1-6H3. The summed E-state index contributed by atoms with van der Waals surface area (Å²) < 4.78 is 2.37. The van der Waals surface area contributed by atoms with E-state index in [1.54, 1.807) is 0 Å². The zero-order chi connectivity index (χ0) is 22.8. The van der Waals surface area contributed by atoms with Crippen molar-refractivity contribution in [3.8, 4) is 11.3 Å². The number of nitrogens with zero attached hydrogens (tertiary/aromatic N) is 1. The van der Waals surface area contributed by atoms with Crippen LogP contribution in [0, 0.1) is 12.1 Å². The largest absolute Gasteiger partial charge is 0.343 e. The molecule has 1 aromatic heterocycles. The lowest BCUT2D eigenvalue weighted by atomic mass is 9.88. The molecule has 0 radical (unpaired) electrons. The van der Waals surface area contributed by atoms with E-state index in [1.165, 1.54) is 49.7 Å². The highest BCUT2D eigenvalue weighted by Gasteiger charge is 2.38. The Kier molecular flexibility index (Phi) is 4.98. The van der Waals surface area contributed by atoms with E-state index in [9.17, 15) is 5.16 Å². The molecule has 0 amide bonds. The number of benzene rings is 3. The number of hydrogen-bond acceptors (Lipinski definition) is 1. The van der Waals surface area contributed by atoms with Crippen molar-refractivity contribution in [3.63, 3.8) is 0 Å². The second-order valence-corrected chi connectivity index (χ2v) is 14.0. The predicted octanol–water partition coefficient (Wildman–Crippen LogP) is 7.87. The summed E-state index contributed by atoms with van der Waals surface area (Å²) in [7, 11) is 0.101. The normalized spacial score (nSPS) is 15.6. The highest BCUT2D eigenvalue weighted by atomic mass is 31.2. The molecule has 1 aliphatic carbocycles. The quantitative estimate of drug-likeness (QED) is 0.276. The molecule has 1 aliphatic rings. The van der Waals surface area contributed by atoms with Gasteiger partial charge in [0, 0.05) is 36.5 Å². The van der Waals surface area contributed by atoms with E-state index < -0.39 is 7.05 Å². The van der Waals surface area contributed by atoms with Gasteiger partial charge in [-0.25, -0.2) is 0 Å². The molecule has 1 heterocycles. The van der Waals surface area contributed by atoms with Gasteiger partial charge in [-0.2, -0.15) is 0 Å². The Hall–Kier alpha value is -2.57. The Morgan fingerprint density at radius 1 is 0.844 bits per heavy atom. The highest BCUT2D eigenvalue weighted by Crippen LogP contribution is 2.58. The van der Waals surface area contributed by atoms with Gasteiger partial charge in [-0.3, -0.25) is 0 Å². The lowest BCUT2D eigenvalue weighted by Crippen LogP contribution is -2.24. The third kappa shape index (κ3) is 2.82. The zero-order valence-electron chi connectivity index (χ0n) is 20.0. The van der Waals surface area contributed by atoms with Gasteiger partial charge < -0.3 is 9.73 Å². The van der Waals surface area contributed by atoms with Crippen molar-refractivity contribution in [2.45, 2.75) is 51.9 Å². The van der Waals surface area contributed by atoms with Crippen LogP contribution in [0.25, 0.3) is 22.2 Å². The number of fused-ring (bicyclic) bond motifs is 5. The van der Waals surface area contributed by atoms with Crippen molar-refractivity contribution in [2.24, 2.45) is 7.05 Å². The minimum Gasteiger partial charge on any atom is -0.343 e. The third-order valence-corrected chi connectivity index (χ3v) is 11.9. The molecule has 1 N–H and O–H groups in total. The molecule has 0 fully saturated rings. The van der Waals surface area contributed by atoms with Crippen molar-refractivity contribution in [2.75, 3.05) is 0 Å². The summed E-state index contributed by atoms with van der Waals surface area (Å²) >= 11 is 0. The van der Waals surface area contributed by atoms with E-state index in [-0.39, 0.29) is 5.92 Å². The first-order valence-electron chi connectivity index (χ1n) is 11.7. The van der Waals surface area contributed by atoms with Crippen molar-refractivity contribution < 1.29 is 0 Å². The molecule has 3 heteroatoms. The maximum absolute atomic E-state index is 9.75. The molecule has 5 rings (SSSR count). The first kappa shape index (κ1) is 21.3. The highest BCUT2D eigenvalue weighted by molar-refractivity contribution is 7.74. The van der Waals surface area contributed by atoms with Crippen LogP contribution < -0.4 is 5.30 Å². The fourth-order valence-electron chi connectivity index (χ4n) is 5.87. The van der Waals surface area contributed by atoms with Crippen LogP contribution >= 0.6 is 7.05 Å². The van der Waals surface area contributed by atoms with Crippen LogP contribution in [0.1, 0.15) is 55.9 Å². The van der Waals surface area contributed by atoms with Crippen LogP contribution in [0.4, 0.5) is 0 Å². The molecule has 4 aromatic rings. The van der Waals surface area contributed by atoms with Gasteiger partial charge >= 0.3 is 0 Å². The van der Waals surface area contributed by atoms with Crippen LogP contribution in [-0.2, 0) is 7.05 Å². The Morgan fingerprint density at radius 2 is 1.47 bits per heavy atom. The molecule has 164 valence electrons. The second kappa shape index (κ2) is 7.49. The van der Waals surface area contributed by atoms with E-state index in [2.05, 4.69) is 113 Å². The average Bonchev–Trinajstić information content (AvgIpc) is 3.26. The van der Waals surface area contributed by atoms with Crippen molar-refractivity contribution >= 4 is 23.3 Å². The molecule has 0 spiro atoms. The predicted molar refractivity (Wildman–Crippen MR) is 140 cm³/mol. The number of aromatic nitrogens is 1. The third-order valence-electron chi connectivity index (χ3n) is 7.49. The summed E-state index contributed by atoms with van der Waals surface area (Å²) in [6.07, 6.45) is 0. The second-order valence-electron chi connectivity index (χ2n) is 9.89. The van der Waals surface area contributed by atoms with Crippen LogP contribution in [0.15, 0.2) is 66.7 Å². The Morgan fingerprint density at radius 3 is 2.16 bits per heavy atom. The topological polar surface area (TPSA) is 28.8 Å². The lowest BCUT2D eigenvalue weighted by Gasteiger charge is -2.34. The van der Waals surface area contributed by atoms with Gasteiger partial charge in [-0.15, -0.1) is 0 Å². The van der Waals surface area contributed by atoms with E-state index >= 15 is 0 Å². The lowest BCUT2D eigenvalue weighted by molar-refractivity contribution is 0.970. The van der Waals surface area contributed by atoms with Crippen molar-refractivity contribution in [1.29, 1.82) is 5.16 Å². The molecule has 3 aromatic carbocycles. The summed E-state index contributed by atoms with van der Waals surface area (Å²) in [5, 5.41) is 12.4. The molecule has 2 nitrogen and oxygen atoms in total. The maximum atomic E-state index is 9.75. The summed E-state index contributed by atoms with van der Waals surface area (Å²) in [5.74, 6) is 0.171. The van der Waals surface area contributed by atoms with Crippen molar-refractivity contribution in [3.05, 3.63) is 89.0 Å². The Balaban J connectivity index is 1.89. The minimum absolute atomic E-state index is 0.171. The van der Waals surface area contributed by atoms with E-state index in [1.807, 2.05) is 0 Å². The van der Waals surface area contributed by atoms with E-state index in [0.717, 1.165) is 0 Å². The Bertz CT molecular complexity index is 1380. The van der Waals surface area contributed by atoms with Crippen LogP contribution in [0.5, 0.6) is 0 Å². The van der Waals surface area contributed by atoms with Gasteiger partial charge in [0.25, 0.3) is 0 Å². The maximum Gasteiger partial charge on any atom is 0.0534 e. The summed E-state index contributed by atoms with van der Waals surface area (Å²) in [4.78, 5) is 0. The number of rotatable bonds is 4. The van der Waals surface area contributed by atoms with E-state index in [0.29, 0.717) is 11.3 Å². The molecule has 1 atom stereocenters. The van der Waals surface area contributed by atoms with Gasteiger partial charge in [-0.1, -0.05) is 87.9 Å². The van der Waals surface area contributed by atoms with Gasteiger partial charge in [-0.05, 0) is 52.4 Å². The number of hydrogen-bond donors (Lipinski definition) is 1. The smallest absolute Gasteiger partial charge is 0.0534 e. The summed E-state index contributed by atoms with van der Waals surface area (Å²) in [6.45, 7) is 11.2. The molecule has 1 unspecified atom stereocenters. The molecule has 32 heavy (non-hydrogen) atoms. The first-order chi connectivity index (χ1) is 15.3. The fraction of sp³-hybridized carbons (Fsp3) is 0.310. The van der Waals surface area contributed by atoms with Crippen LogP contribution in [-0.4, -0.2) is 15.9 Å². The van der Waals surface area contributed by atoms with Gasteiger partial charge in [0.1, 0.15) is 0 Å². The monoisotopic (exact) mass is 440 g/mol. The minimum atomic E-state index is -2.10. The molecule has 0 aliphatic heterocycles. The summed E-state index contributed by atoms with van der Waals surface area (Å²) in [6, 6.07) is 24.6. The van der Waals surface area contributed by atoms with Gasteiger partial charge in [0.2, 0.25) is 0 Å².